The summed E-state index contributed by atoms with van der Waals surface area (Å²) in [7, 11) is 0. The lowest BCUT2D eigenvalue weighted by atomic mass is 9.93. The van der Waals surface area contributed by atoms with Gasteiger partial charge in [0.2, 0.25) is 0 Å². The van der Waals surface area contributed by atoms with Gasteiger partial charge < -0.3 is 10.8 Å². The van der Waals surface area contributed by atoms with Gasteiger partial charge in [0.1, 0.15) is 0 Å². The second-order valence-electron chi connectivity index (χ2n) is 4.83. The molecule has 0 bridgehead atoms. The molecule has 1 heterocycles. The lowest BCUT2D eigenvalue weighted by molar-refractivity contribution is -0.143. The summed E-state index contributed by atoms with van der Waals surface area (Å²) in [6.07, 6.45) is 4.57. The third-order valence-electron chi connectivity index (χ3n) is 3.81. The highest BCUT2D eigenvalue weighted by atomic mass is 16.4. The molecule has 4 nitrogen and oxygen atoms in total. The molecule has 1 saturated heterocycles. The summed E-state index contributed by atoms with van der Waals surface area (Å²) < 4.78 is 0. The van der Waals surface area contributed by atoms with Crippen molar-refractivity contribution in [1.29, 1.82) is 0 Å². The summed E-state index contributed by atoms with van der Waals surface area (Å²) in [5, 5.41) is 9.05. The molecule has 0 spiro atoms. The fraction of sp³-hybridized carbons (Fsp3) is 0.917. The molecule has 0 saturated carbocycles. The fourth-order valence-electron chi connectivity index (χ4n) is 2.56. The van der Waals surface area contributed by atoms with Gasteiger partial charge in [-0.25, -0.2) is 0 Å². The van der Waals surface area contributed by atoms with Crippen LogP contribution in [0, 0.1) is 5.92 Å². The molecule has 1 aliphatic rings. The Hall–Kier alpha value is -0.610. The van der Waals surface area contributed by atoms with Gasteiger partial charge in [-0.2, -0.15) is 0 Å². The maximum absolute atomic E-state index is 11.0. The molecule has 0 aromatic rings. The smallest absolute Gasteiger partial charge is 0.307 e. The molecule has 1 fully saturated rings. The largest absolute Gasteiger partial charge is 0.481 e. The molecule has 0 aromatic carbocycles. The molecular weight excluding hydrogens is 204 g/mol. The summed E-state index contributed by atoms with van der Waals surface area (Å²) in [5.74, 6) is -1.01. The van der Waals surface area contributed by atoms with Gasteiger partial charge in [-0.15, -0.1) is 0 Å². The molecule has 3 N–H and O–H groups in total. The Bertz CT molecular complexity index is 231. The number of carboxylic acid groups (broad SMARTS) is 1. The van der Waals surface area contributed by atoms with Crippen LogP contribution in [0.3, 0.4) is 0 Å². The van der Waals surface area contributed by atoms with Gasteiger partial charge in [0, 0.05) is 12.1 Å². The van der Waals surface area contributed by atoms with Crippen LogP contribution >= 0.6 is 0 Å². The van der Waals surface area contributed by atoms with Gasteiger partial charge in [0.15, 0.2) is 0 Å². The van der Waals surface area contributed by atoms with Crippen molar-refractivity contribution in [3.05, 3.63) is 0 Å². The van der Waals surface area contributed by atoms with Crippen LogP contribution in [-0.2, 0) is 4.79 Å². The van der Waals surface area contributed by atoms with E-state index in [1.54, 1.807) is 6.92 Å². The first kappa shape index (κ1) is 13.5. The third-order valence-corrected chi connectivity index (χ3v) is 3.81. The van der Waals surface area contributed by atoms with Crippen LogP contribution in [-0.4, -0.2) is 41.1 Å². The van der Waals surface area contributed by atoms with E-state index in [1.807, 2.05) is 6.92 Å². The summed E-state index contributed by atoms with van der Waals surface area (Å²) in [5.41, 5.74) is 5.61. The number of hydrogen-bond donors (Lipinski definition) is 2. The van der Waals surface area contributed by atoms with Crippen LogP contribution in [0.1, 0.15) is 39.5 Å². The van der Waals surface area contributed by atoms with Crippen LogP contribution in [0.15, 0.2) is 0 Å². The summed E-state index contributed by atoms with van der Waals surface area (Å²) in [6, 6.07) is 0.588. The first-order valence-electron chi connectivity index (χ1n) is 6.26. The van der Waals surface area contributed by atoms with Gasteiger partial charge in [-0.05, 0) is 39.3 Å². The number of nitrogens with zero attached hydrogens (tertiary/aromatic N) is 1. The highest BCUT2D eigenvalue weighted by Gasteiger charge is 2.31. The van der Waals surface area contributed by atoms with Crippen molar-refractivity contribution in [2.24, 2.45) is 11.7 Å². The molecule has 0 radical (unpaired) electrons. The Morgan fingerprint density at radius 1 is 1.50 bits per heavy atom. The fourth-order valence-corrected chi connectivity index (χ4v) is 2.56. The molecule has 1 rings (SSSR count). The number of piperidine rings is 1. The molecule has 3 atom stereocenters. The van der Waals surface area contributed by atoms with Crippen molar-refractivity contribution in [2.75, 3.05) is 13.1 Å². The van der Waals surface area contributed by atoms with E-state index < -0.39 is 5.97 Å². The Labute approximate surface area is 97.8 Å². The van der Waals surface area contributed by atoms with E-state index in [1.165, 1.54) is 12.8 Å². The van der Waals surface area contributed by atoms with E-state index >= 15 is 0 Å². The van der Waals surface area contributed by atoms with E-state index in [0.717, 1.165) is 19.4 Å². The lowest BCUT2D eigenvalue weighted by Crippen LogP contribution is -2.49. The number of aliphatic carboxylic acids is 1. The van der Waals surface area contributed by atoms with Crippen molar-refractivity contribution in [3.8, 4) is 0 Å². The van der Waals surface area contributed by atoms with Gasteiger partial charge in [0.25, 0.3) is 0 Å². The van der Waals surface area contributed by atoms with E-state index in [-0.39, 0.29) is 12.0 Å². The van der Waals surface area contributed by atoms with Crippen molar-refractivity contribution in [2.45, 2.75) is 51.6 Å². The molecule has 16 heavy (non-hydrogen) atoms. The number of nitrogens with two attached hydrogens (primary N) is 1. The van der Waals surface area contributed by atoms with E-state index in [4.69, 9.17) is 10.8 Å². The van der Waals surface area contributed by atoms with Crippen molar-refractivity contribution >= 4 is 5.97 Å². The van der Waals surface area contributed by atoms with Crippen LogP contribution in [0.4, 0.5) is 0 Å². The minimum absolute atomic E-state index is 0.106. The van der Waals surface area contributed by atoms with Crippen molar-refractivity contribution in [3.63, 3.8) is 0 Å². The van der Waals surface area contributed by atoms with Crippen LogP contribution < -0.4 is 5.73 Å². The predicted octanol–water partition coefficient (Wildman–Crippen LogP) is 1.30. The normalized spacial score (nSPS) is 26.3. The second-order valence-corrected chi connectivity index (χ2v) is 4.83. The predicted molar refractivity (Wildman–Crippen MR) is 64.3 cm³/mol. The standard InChI is InChI=1S/C12H24N2O2/c1-9(12(15)16)10(2)14-8-4-3-5-11(14)6-7-13/h9-11H,3-8,13H2,1-2H3,(H,15,16). The molecule has 4 heteroatoms. The Morgan fingerprint density at radius 3 is 2.75 bits per heavy atom. The van der Waals surface area contributed by atoms with Crippen LogP contribution in [0.5, 0.6) is 0 Å². The quantitative estimate of drug-likeness (QED) is 0.744. The van der Waals surface area contributed by atoms with Gasteiger partial charge in [-0.1, -0.05) is 13.3 Å². The minimum Gasteiger partial charge on any atom is -0.481 e. The first-order chi connectivity index (χ1) is 7.57. The highest BCUT2D eigenvalue weighted by Crippen LogP contribution is 2.24. The Balaban J connectivity index is 2.62. The topological polar surface area (TPSA) is 66.6 Å². The number of carbonyl (C=O) groups is 1. The number of hydrogen-bond acceptors (Lipinski definition) is 3. The zero-order chi connectivity index (χ0) is 12.1. The molecule has 1 aliphatic heterocycles. The zero-order valence-electron chi connectivity index (χ0n) is 10.4. The number of rotatable bonds is 5. The summed E-state index contributed by atoms with van der Waals surface area (Å²) >= 11 is 0. The summed E-state index contributed by atoms with van der Waals surface area (Å²) in [4.78, 5) is 13.3. The lowest BCUT2D eigenvalue weighted by Gasteiger charge is -2.41. The average Bonchev–Trinajstić information content (AvgIpc) is 2.28. The summed E-state index contributed by atoms with van der Waals surface area (Å²) in [6.45, 7) is 5.52. The van der Waals surface area contributed by atoms with Gasteiger partial charge >= 0.3 is 5.97 Å². The molecule has 0 aliphatic carbocycles. The van der Waals surface area contributed by atoms with Crippen LogP contribution in [0.2, 0.25) is 0 Å². The molecule has 0 aromatic heterocycles. The SMILES string of the molecule is CC(C(=O)O)C(C)N1CCCCC1CCN. The second kappa shape index (κ2) is 6.21. The minimum atomic E-state index is -0.704. The third kappa shape index (κ3) is 3.19. The molecule has 94 valence electrons. The Morgan fingerprint density at radius 2 is 2.19 bits per heavy atom. The maximum Gasteiger partial charge on any atom is 0.307 e. The number of carboxylic acids is 1. The van der Waals surface area contributed by atoms with Crippen LogP contribution in [0.25, 0.3) is 0 Å². The molecule has 3 unspecified atom stereocenters. The van der Waals surface area contributed by atoms with Crippen molar-refractivity contribution < 1.29 is 9.90 Å². The number of likely N-dealkylation sites (tertiary alicyclic amines) is 1. The van der Waals surface area contributed by atoms with Gasteiger partial charge in [-0.3, -0.25) is 9.69 Å². The van der Waals surface area contributed by atoms with Gasteiger partial charge in [0.05, 0.1) is 5.92 Å². The highest BCUT2D eigenvalue weighted by molar-refractivity contribution is 5.70. The van der Waals surface area contributed by atoms with E-state index in [0.29, 0.717) is 12.6 Å². The molecular formula is C12H24N2O2. The van der Waals surface area contributed by atoms with E-state index in [9.17, 15) is 4.79 Å². The zero-order valence-corrected chi connectivity index (χ0v) is 10.4. The monoisotopic (exact) mass is 228 g/mol. The Kier molecular flexibility index (Phi) is 5.22. The average molecular weight is 228 g/mol. The maximum atomic E-state index is 11.0. The van der Waals surface area contributed by atoms with Crippen molar-refractivity contribution in [1.82, 2.24) is 4.90 Å². The molecule has 0 amide bonds. The van der Waals surface area contributed by atoms with E-state index in [2.05, 4.69) is 4.90 Å². The first-order valence-corrected chi connectivity index (χ1v) is 6.26.